The smallest absolute Gasteiger partial charge is 0.251 e. The third-order valence-electron chi connectivity index (χ3n) is 3.50. The molecule has 0 atom stereocenters. The first-order valence-corrected chi connectivity index (χ1v) is 8.34. The van der Waals surface area contributed by atoms with Crippen LogP contribution in [0.25, 0.3) is 0 Å². The molecule has 0 heterocycles. The summed E-state index contributed by atoms with van der Waals surface area (Å²) in [7, 11) is 0. The van der Waals surface area contributed by atoms with Crippen LogP contribution in [0.15, 0.2) is 30.3 Å². The van der Waals surface area contributed by atoms with Crippen LogP contribution >= 0.6 is 0 Å². The van der Waals surface area contributed by atoms with Crippen LogP contribution in [0.3, 0.4) is 0 Å². The van der Waals surface area contributed by atoms with Gasteiger partial charge in [0.1, 0.15) is 0 Å². The zero-order valence-corrected chi connectivity index (χ0v) is 13.6. The number of amides is 2. The molecule has 0 aliphatic heterocycles. The average molecular weight is 304 g/mol. The maximum absolute atomic E-state index is 11.8. The van der Waals surface area contributed by atoms with Gasteiger partial charge < -0.3 is 10.6 Å². The lowest BCUT2D eigenvalue weighted by molar-refractivity contribution is -0.121. The zero-order valence-electron chi connectivity index (χ0n) is 13.6. The number of nitrogens with one attached hydrogen (secondary N) is 2. The summed E-state index contributed by atoms with van der Waals surface area (Å²) < 4.78 is 0. The second-order valence-corrected chi connectivity index (χ2v) is 5.49. The van der Waals surface area contributed by atoms with E-state index in [2.05, 4.69) is 17.6 Å². The molecule has 1 rings (SSSR count). The molecule has 0 aromatic heterocycles. The molecule has 0 fully saturated rings. The third-order valence-corrected chi connectivity index (χ3v) is 3.50. The monoisotopic (exact) mass is 304 g/mol. The van der Waals surface area contributed by atoms with Gasteiger partial charge in [0.05, 0.1) is 0 Å². The van der Waals surface area contributed by atoms with Crippen molar-refractivity contribution in [2.75, 3.05) is 13.1 Å². The maximum atomic E-state index is 11.8. The van der Waals surface area contributed by atoms with Gasteiger partial charge in [-0.2, -0.15) is 0 Å². The Morgan fingerprint density at radius 2 is 1.55 bits per heavy atom. The first kappa shape index (κ1) is 18.2. The lowest BCUT2D eigenvalue weighted by Gasteiger charge is -2.06. The Morgan fingerprint density at radius 1 is 0.864 bits per heavy atom. The van der Waals surface area contributed by atoms with Gasteiger partial charge in [-0.3, -0.25) is 9.59 Å². The zero-order chi connectivity index (χ0) is 16.0. The molecule has 1 aromatic rings. The van der Waals surface area contributed by atoms with E-state index in [0.29, 0.717) is 18.5 Å². The fraction of sp³-hybridized carbons (Fsp3) is 0.556. The lowest BCUT2D eigenvalue weighted by atomic mass is 10.1. The Labute approximate surface area is 133 Å². The molecule has 0 saturated heterocycles. The largest absolute Gasteiger partial charge is 0.356 e. The number of benzene rings is 1. The van der Waals surface area contributed by atoms with Gasteiger partial charge in [-0.25, -0.2) is 0 Å². The van der Waals surface area contributed by atoms with Crippen molar-refractivity contribution in [2.24, 2.45) is 0 Å². The van der Waals surface area contributed by atoms with Crippen LogP contribution in [0, 0.1) is 0 Å². The van der Waals surface area contributed by atoms with Crippen molar-refractivity contribution >= 4 is 11.8 Å². The predicted octanol–water partition coefficient (Wildman–Crippen LogP) is 3.28. The Balaban J connectivity index is 1.97. The Kier molecular flexibility index (Phi) is 9.75. The van der Waals surface area contributed by atoms with Gasteiger partial charge in [0.25, 0.3) is 5.91 Å². The topological polar surface area (TPSA) is 58.2 Å². The summed E-state index contributed by atoms with van der Waals surface area (Å²) in [5.74, 6) is 0.110. The molecule has 4 nitrogen and oxygen atoms in total. The molecular weight excluding hydrogens is 276 g/mol. The minimum atomic E-state index is -0.0331. The van der Waals surface area contributed by atoms with E-state index in [1.165, 1.54) is 12.8 Å². The highest BCUT2D eigenvalue weighted by Crippen LogP contribution is 2.01. The van der Waals surface area contributed by atoms with E-state index in [0.717, 1.165) is 32.2 Å². The van der Waals surface area contributed by atoms with Crippen molar-refractivity contribution in [1.29, 1.82) is 0 Å². The lowest BCUT2D eigenvalue weighted by Crippen LogP contribution is -2.25. The summed E-state index contributed by atoms with van der Waals surface area (Å²) in [5, 5.41) is 5.84. The summed E-state index contributed by atoms with van der Waals surface area (Å²) in [4.78, 5) is 23.3. The predicted molar refractivity (Wildman–Crippen MR) is 89.8 cm³/mol. The molecule has 0 saturated carbocycles. The molecule has 122 valence electrons. The summed E-state index contributed by atoms with van der Waals surface area (Å²) in [6, 6.07) is 9.21. The van der Waals surface area contributed by atoms with Crippen LogP contribution in [-0.4, -0.2) is 24.9 Å². The maximum Gasteiger partial charge on any atom is 0.251 e. The minimum absolute atomic E-state index is 0.0331. The van der Waals surface area contributed by atoms with Gasteiger partial charge in [-0.15, -0.1) is 0 Å². The van der Waals surface area contributed by atoms with Gasteiger partial charge in [0.15, 0.2) is 0 Å². The molecule has 0 radical (unpaired) electrons. The average Bonchev–Trinajstić information content (AvgIpc) is 2.55. The first-order valence-electron chi connectivity index (χ1n) is 8.34. The van der Waals surface area contributed by atoms with Crippen molar-refractivity contribution in [3.63, 3.8) is 0 Å². The summed E-state index contributed by atoms with van der Waals surface area (Å²) in [6.45, 7) is 3.60. The molecule has 2 N–H and O–H groups in total. The number of carbonyl (C=O) groups excluding carboxylic acids is 2. The standard InChI is InChI=1S/C18H28N2O2/c1-2-3-9-14-19-17(21)13-8-5-10-15-20-18(22)16-11-6-4-7-12-16/h4,6-7,11-12H,2-3,5,8-10,13-15H2,1H3,(H,19,21)(H,20,22). The Bertz CT molecular complexity index is 432. The highest BCUT2D eigenvalue weighted by molar-refractivity contribution is 5.94. The molecule has 0 spiro atoms. The summed E-state index contributed by atoms with van der Waals surface area (Å²) in [6.07, 6.45) is 6.72. The molecule has 0 unspecified atom stereocenters. The third kappa shape index (κ3) is 8.45. The number of unbranched alkanes of at least 4 members (excludes halogenated alkanes) is 4. The van der Waals surface area contributed by atoms with Crippen LogP contribution < -0.4 is 10.6 Å². The summed E-state index contributed by atoms with van der Waals surface area (Å²) >= 11 is 0. The van der Waals surface area contributed by atoms with E-state index in [9.17, 15) is 9.59 Å². The van der Waals surface area contributed by atoms with Gasteiger partial charge in [-0.05, 0) is 31.4 Å². The fourth-order valence-corrected chi connectivity index (χ4v) is 2.17. The van der Waals surface area contributed by atoms with E-state index < -0.39 is 0 Å². The normalized spacial score (nSPS) is 10.2. The molecule has 0 bridgehead atoms. The van der Waals surface area contributed by atoms with Crippen LogP contribution in [-0.2, 0) is 4.79 Å². The van der Waals surface area contributed by atoms with Gasteiger partial charge in [-0.1, -0.05) is 44.4 Å². The minimum Gasteiger partial charge on any atom is -0.356 e. The van der Waals surface area contributed by atoms with Crippen LogP contribution in [0.1, 0.15) is 62.2 Å². The quantitative estimate of drug-likeness (QED) is 0.616. The van der Waals surface area contributed by atoms with E-state index in [1.54, 1.807) is 12.1 Å². The molecule has 0 aliphatic carbocycles. The van der Waals surface area contributed by atoms with Crippen LogP contribution in [0.5, 0.6) is 0 Å². The molecule has 4 heteroatoms. The van der Waals surface area contributed by atoms with Crippen molar-refractivity contribution in [3.8, 4) is 0 Å². The van der Waals surface area contributed by atoms with Crippen LogP contribution in [0.4, 0.5) is 0 Å². The van der Waals surface area contributed by atoms with Crippen molar-refractivity contribution in [2.45, 2.75) is 51.9 Å². The number of rotatable bonds is 11. The van der Waals surface area contributed by atoms with Crippen LogP contribution in [0.2, 0.25) is 0 Å². The number of hydrogen-bond donors (Lipinski definition) is 2. The van der Waals surface area contributed by atoms with Gasteiger partial charge in [0.2, 0.25) is 5.91 Å². The molecule has 0 aliphatic rings. The van der Waals surface area contributed by atoms with Gasteiger partial charge in [0, 0.05) is 25.1 Å². The Morgan fingerprint density at radius 3 is 2.27 bits per heavy atom. The Hall–Kier alpha value is -1.84. The van der Waals surface area contributed by atoms with E-state index in [1.807, 2.05) is 18.2 Å². The highest BCUT2D eigenvalue weighted by Gasteiger charge is 2.03. The molecule has 1 aromatic carbocycles. The summed E-state index contributed by atoms with van der Waals surface area (Å²) in [5.41, 5.74) is 0.689. The SMILES string of the molecule is CCCCCNC(=O)CCCCCNC(=O)c1ccccc1. The first-order chi connectivity index (χ1) is 10.7. The highest BCUT2D eigenvalue weighted by atomic mass is 16.2. The number of carbonyl (C=O) groups is 2. The molecule has 2 amide bonds. The van der Waals surface area contributed by atoms with Crippen molar-refractivity contribution in [1.82, 2.24) is 10.6 Å². The van der Waals surface area contributed by atoms with E-state index in [4.69, 9.17) is 0 Å². The second kappa shape index (κ2) is 11.8. The molecular formula is C18H28N2O2. The fourth-order valence-electron chi connectivity index (χ4n) is 2.17. The van der Waals surface area contributed by atoms with E-state index in [-0.39, 0.29) is 11.8 Å². The van der Waals surface area contributed by atoms with E-state index >= 15 is 0 Å². The van der Waals surface area contributed by atoms with Crippen molar-refractivity contribution in [3.05, 3.63) is 35.9 Å². The molecule has 22 heavy (non-hydrogen) atoms. The number of hydrogen-bond acceptors (Lipinski definition) is 2. The van der Waals surface area contributed by atoms with Crippen molar-refractivity contribution < 1.29 is 9.59 Å². The van der Waals surface area contributed by atoms with Gasteiger partial charge >= 0.3 is 0 Å². The second-order valence-electron chi connectivity index (χ2n) is 5.49.